The Morgan fingerprint density at radius 2 is 2.20 bits per heavy atom. The van der Waals surface area contributed by atoms with Crippen LogP contribution >= 0.6 is 0 Å². The van der Waals surface area contributed by atoms with Crippen molar-refractivity contribution in [1.29, 1.82) is 0 Å². The van der Waals surface area contributed by atoms with E-state index in [-0.39, 0.29) is 28.6 Å². The molecule has 162 valence electrons. The first-order valence-electron chi connectivity index (χ1n) is 11.6. The lowest BCUT2D eigenvalue weighted by Crippen LogP contribution is -2.81. The van der Waals surface area contributed by atoms with Gasteiger partial charge in [0, 0.05) is 42.0 Å². The molecule has 2 N–H and O–H groups in total. The highest BCUT2D eigenvalue weighted by Gasteiger charge is 2.80. The second-order valence-electron chi connectivity index (χ2n) is 10.4. The number of aromatic hydroxyl groups is 1. The molecule has 5 heteroatoms. The summed E-state index contributed by atoms with van der Waals surface area (Å²) in [6, 6.07) is 4.35. The number of piperidine rings is 1. The molecule has 2 aliphatic heterocycles. The third-order valence-corrected chi connectivity index (χ3v) is 9.73. The van der Waals surface area contributed by atoms with Gasteiger partial charge < -0.3 is 19.7 Å². The molecule has 3 saturated carbocycles. The Hall–Kier alpha value is -1.56. The summed E-state index contributed by atoms with van der Waals surface area (Å²) in [6.45, 7) is 7.93. The van der Waals surface area contributed by atoms with E-state index in [4.69, 9.17) is 9.47 Å². The molecule has 30 heavy (non-hydrogen) atoms. The van der Waals surface area contributed by atoms with E-state index < -0.39 is 11.7 Å². The van der Waals surface area contributed by atoms with Crippen LogP contribution in [0.1, 0.15) is 50.2 Å². The summed E-state index contributed by atoms with van der Waals surface area (Å²) in [6.07, 6.45) is 7.38. The van der Waals surface area contributed by atoms with Crippen molar-refractivity contribution in [2.75, 3.05) is 20.2 Å². The minimum Gasteiger partial charge on any atom is -0.504 e. The smallest absolute Gasteiger partial charge is 0.165 e. The molecular formula is C25H33NO4. The lowest BCUT2D eigenvalue weighted by atomic mass is 9.34. The third-order valence-electron chi connectivity index (χ3n) is 9.73. The number of ether oxygens (including phenoxy) is 2. The Bertz CT molecular complexity index is 915. The Labute approximate surface area is 178 Å². The topological polar surface area (TPSA) is 62.2 Å². The number of rotatable bonds is 5. The summed E-state index contributed by atoms with van der Waals surface area (Å²) in [4.78, 5) is 2.68. The maximum Gasteiger partial charge on any atom is 0.165 e. The van der Waals surface area contributed by atoms with Gasteiger partial charge in [-0.05, 0) is 63.6 Å². The van der Waals surface area contributed by atoms with E-state index in [0.29, 0.717) is 11.8 Å². The average Bonchev–Trinajstić information content (AvgIpc) is 3.11. The highest BCUT2D eigenvalue weighted by Crippen LogP contribution is 2.76. The number of aliphatic hydroxyl groups excluding tert-OH is 1. The van der Waals surface area contributed by atoms with Crippen LogP contribution in [0.15, 0.2) is 24.8 Å². The summed E-state index contributed by atoms with van der Waals surface area (Å²) >= 11 is 0. The molecule has 0 aromatic heterocycles. The first-order valence-corrected chi connectivity index (χ1v) is 11.6. The molecule has 7 unspecified atom stereocenters. The summed E-state index contributed by atoms with van der Waals surface area (Å²) in [7, 11) is 1.79. The Balaban J connectivity index is 1.61. The number of methoxy groups -OCH3 is 1. The minimum absolute atomic E-state index is 0.0363. The molecule has 2 spiro atoms. The lowest BCUT2D eigenvalue weighted by molar-refractivity contribution is -0.288. The highest BCUT2D eigenvalue weighted by atomic mass is 16.6. The van der Waals surface area contributed by atoms with Gasteiger partial charge in [0.1, 0.15) is 11.7 Å². The summed E-state index contributed by atoms with van der Waals surface area (Å²) in [5.41, 5.74) is 1.99. The van der Waals surface area contributed by atoms with Crippen LogP contribution < -0.4 is 4.74 Å². The maximum absolute atomic E-state index is 10.9. The number of fused-ring (bicyclic) bond motifs is 2. The molecule has 1 aromatic carbocycles. The number of hydrogen-bond donors (Lipinski definition) is 2. The molecule has 6 aliphatic rings. The van der Waals surface area contributed by atoms with Crippen LogP contribution in [0.4, 0.5) is 0 Å². The molecule has 0 radical (unpaired) electrons. The van der Waals surface area contributed by atoms with Crippen molar-refractivity contribution in [3.63, 3.8) is 0 Å². The molecule has 7 rings (SSSR count). The Morgan fingerprint density at radius 1 is 1.37 bits per heavy atom. The van der Waals surface area contributed by atoms with Gasteiger partial charge in [-0.3, -0.25) is 4.90 Å². The van der Waals surface area contributed by atoms with Crippen LogP contribution in [0, 0.1) is 11.3 Å². The molecule has 4 fully saturated rings. The molecule has 1 saturated heterocycles. The quantitative estimate of drug-likeness (QED) is 0.729. The second kappa shape index (κ2) is 6.02. The van der Waals surface area contributed by atoms with E-state index in [1.807, 2.05) is 13.0 Å². The van der Waals surface area contributed by atoms with Crippen molar-refractivity contribution >= 4 is 0 Å². The number of likely N-dealkylation sites (tertiary alicyclic amines) is 1. The molecule has 0 amide bonds. The monoisotopic (exact) mass is 411 g/mol. The molecule has 4 bridgehead atoms. The minimum atomic E-state index is -0.510. The average molecular weight is 412 g/mol. The maximum atomic E-state index is 10.9. The van der Waals surface area contributed by atoms with Crippen molar-refractivity contribution < 1.29 is 19.7 Å². The number of hydrogen-bond acceptors (Lipinski definition) is 5. The van der Waals surface area contributed by atoms with Gasteiger partial charge in [0.2, 0.25) is 0 Å². The number of aliphatic hydroxyl groups is 1. The van der Waals surface area contributed by atoms with E-state index in [2.05, 4.69) is 17.5 Å². The van der Waals surface area contributed by atoms with Crippen LogP contribution in [0.25, 0.3) is 0 Å². The summed E-state index contributed by atoms with van der Waals surface area (Å²) in [5.74, 6) is 0.975. The van der Waals surface area contributed by atoms with Crippen LogP contribution in [-0.2, 0) is 16.6 Å². The van der Waals surface area contributed by atoms with Gasteiger partial charge in [0.15, 0.2) is 11.5 Å². The SMILES string of the molecule is C=CCCN1CCC23c4c5ccc(O)c4OC2C2(OC)CCC3(CC2C(C)O)C1C5. The summed E-state index contributed by atoms with van der Waals surface area (Å²) in [5, 5.41) is 21.6. The standard InChI is InChI=1S/C25H33NO4/c1-4-5-11-26-12-10-24-20-16-6-7-18(28)21(20)30-22(24)25(29-3)9-8-23(24,19(26)13-16)14-17(25)15(2)27/h4,6-7,15,17,19,22,27-28H,1,5,8-14H2,2-3H3. The van der Waals surface area contributed by atoms with Gasteiger partial charge in [-0.1, -0.05) is 12.1 Å². The van der Waals surface area contributed by atoms with Crippen molar-refractivity contribution in [1.82, 2.24) is 4.90 Å². The van der Waals surface area contributed by atoms with Gasteiger partial charge in [-0.25, -0.2) is 0 Å². The fourth-order valence-corrected chi connectivity index (χ4v) is 8.70. The molecule has 4 aliphatic carbocycles. The first-order chi connectivity index (χ1) is 14.4. The number of phenolic OH excluding ortho intramolecular Hbond substituents is 1. The van der Waals surface area contributed by atoms with E-state index in [1.165, 1.54) is 11.1 Å². The number of benzene rings is 1. The second-order valence-corrected chi connectivity index (χ2v) is 10.4. The third kappa shape index (κ3) is 1.88. The van der Waals surface area contributed by atoms with Crippen LogP contribution in [0.3, 0.4) is 0 Å². The zero-order chi connectivity index (χ0) is 20.9. The van der Waals surface area contributed by atoms with E-state index in [9.17, 15) is 10.2 Å². The van der Waals surface area contributed by atoms with Crippen molar-refractivity contribution in [2.45, 2.75) is 74.7 Å². The zero-order valence-corrected chi connectivity index (χ0v) is 18.1. The van der Waals surface area contributed by atoms with E-state index in [1.54, 1.807) is 13.2 Å². The molecule has 2 heterocycles. The molecule has 5 nitrogen and oxygen atoms in total. The van der Waals surface area contributed by atoms with Gasteiger partial charge in [0.05, 0.1) is 6.10 Å². The van der Waals surface area contributed by atoms with Crippen molar-refractivity contribution in [3.05, 3.63) is 35.9 Å². The van der Waals surface area contributed by atoms with Crippen LogP contribution in [0.2, 0.25) is 0 Å². The van der Waals surface area contributed by atoms with Crippen LogP contribution in [-0.4, -0.2) is 59.2 Å². The molecule has 7 atom stereocenters. The lowest BCUT2D eigenvalue weighted by Gasteiger charge is -2.74. The number of nitrogens with zero attached hydrogens (tertiary/aromatic N) is 1. The van der Waals surface area contributed by atoms with Gasteiger partial charge in [-0.15, -0.1) is 6.58 Å². The normalized spacial score (nSPS) is 43.8. The van der Waals surface area contributed by atoms with Crippen molar-refractivity contribution in [2.24, 2.45) is 11.3 Å². The predicted octanol–water partition coefficient (Wildman–Crippen LogP) is 3.16. The zero-order valence-electron chi connectivity index (χ0n) is 18.1. The van der Waals surface area contributed by atoms with Crippen molar-refractivity contribution in [3.8, 4) is 11.5 Å². The van der Waals surface area contributed by atoms with Gasteiger partial charge in [0.25, 0.3) is 0 Å². The first kappa shape index (κ1) is 19.1. The van der Waals surface area contributed by atoms with Crippen LogP contribution in [0.5, 0.6) is 11.5 Å². The molecular weight excluding hydrogens is 378 g/mol. The molecule has 1 aromatic rings. The Kier molecular flexibility index (Phi) is 3.84. The highest BCUT2D eigenvalue weighted by molar-refractivity contribution is 5.63. The number of phenols is 1. The summed E-state index contributed by atoms with van der Waals surface area (Å²) < 4.78 is 13.0. The van der Waals surface area contributed by atoms with Gasteiger partial charge >= 0.3 is 0 Å². The fraction of sp³-hybridized carbons (Fsp3) is 0.680. The largest absolute Gasteiger partial charge is 0.504 e. The van der Waals surface area contributed by atoms with E-state index in [0.717, 1.165) is 51.6 Å². The van der Waals surface area contributed by atoms with Gasteiger partial charge in [-0.2, -0.15) is 0 Å². The predicted molar refractivity (Wildman–Crippen MR) is 114 cm³/mol. The van der Waals surface area contributed by atoms with E-state index >= 15 is 0 Å². The Morgan fingerprint density at radius 3 is 2.93 bits per heavy atom. The fourth-order valence-electron chi connectivity index (χ4n) is 8.70.